The van der Waals surface area contributed by atoms with E-state index in [4.69, 9.17) is 0 Å². The molecule has 1 fully saturated rings. The zero-order valence-corrected chi connectivity index (χ0v) is 16.7. The van der Waals surface area contributed by atoms with E-state index in [1.54, 1.807) is 23.3 Å². The van der Waals surface area contributed by atoms with Crippen LogP contribution in [0.2, 0.25) is 0 Å². The highest BCUT2D eigenvalue weighted by Gasteiger charge is 2.33. The maximum atomic E-state index is 12.7. The third-order valence-corrected chi connectivity index (χ3v) is 5.74. The van der Waals surface area contributed by atoms with Crippen molar-refractivity contribution in [2.45, 2.75) is 25.8 Å². The lowest BCUT2D eigenvalue weighted by Crippen LogP contribution is -2.60. The van der Waals surface area contributed by atoms with Crippen LogP contribution in [0.25, 0.3) is 0 Å². The molecule has 7 heteroatoms. The Bertz CT molecular complexity index is 777. The summed E-state index contributed by atoms with van der Waals surface area (Å²) >= 11 is 1.55. The number of carbonyl (C=O) groups excluding carboxylic acids is 2. The second-order valence-electron chi connectivity index (χ2n) is 6.78. The Labute approximate surface area is 164 Å². The molecule has 0 aliphatic carbocycles. The van der Waals surface area contributed by atoms with Gasteiger partial charge < -0.3 is 10.2 Å². The normalized spacial score (nSPS) is 17.7. The number of amides is 2. The fourth-order valence-electron chi connectivity index (χ4n) is 3.40. The predicted octanol–water partition coefficient (Wildman–Crippen LogP) is 1.50. The molecule has 27 heavy (non-hydrogen) atoms. The lowest BCUT2D eigenvalue weighted by Gasteiger charge is -2.40. The molecule has 1 unspecified atom stereocenters. The standard InChI is InChI=1S/C20H26N4O2S/c1-15-22-17(14-27-15)12-19(25)24-11-10-23(18(13-24)20(26)21-2)9-8-16-6-4-3-5-7-16/h3-7,14,18H,8-13H2,1-2H3,(H,21,26). The minimum atomic E-state index is -0.311. The molecule has 1 aliphatic heterocycles. The van der Waals surface area contributed by atoms with Crippen LogP contribution in [0.1, 0.15) is 16.3 Å². The van der Waals surface area contributed by atoms with Crippen molar-refractivity contribution in [1.82, 2.24) is 20.1 Å². The molecule has 2 aromatic rings. The van der Waals surface area contributed by atoms with Gasteiger partial charge in [0, 0.05) is 38.6 Å². The molecule has 1 aliphatic rings. The molecule has 144 valence electrons. The van der Waals surface area contributed by atoms with E-state index < -0.39 is 0 Å². The van der Waals surface area contributed by atoms with Crippen LogP contribution in [0.4, 0.5) is 0 Å². The number of thiazole rings is 1. The van der Waals surface area contributed by atoms with Crippen molar-refractivity contribution in [1.29, 1.82) is 0 Å². The molecule has 2 amide bonds. The number of rotatable bonds is 6. The molecule has 6 nitrogen and oxygen atoms in total. The van der Waals surface area contributed by atoms with Gasteiger partial charge in [0.15, 0.2) is 0 Å². The van der Waals surface area contributed by atoms with Gasteiger partial charge in [-0.15, -0.1) is 11.3 Å². The minimum absolute atomic E-state index is 0.0370. The number of nitrogens with one attached hydrogen (secondary N) is 1. The van der Waals surface area contributed by atoms with E-state index in [9.17, 15) is 9.59 Å². The molecule has 2 heterocycles. The van der Waals surface area contributed by atoms with E-state index in [0.717, 1.165) is 23.7 Å². The van der Waals surface area contributed by atoms with Crippen molar-refractivity contribution in [3.05, 3.63) is 52.0 Å². The maximum absolute atomic E-state index is 12.7. The third kappa shape index (κ3) is 5.14. The highest BCUT2D eigenvalue weighted by Crippen LogP contribution is 2.15. The Morgan fingerprint density at radius 3 is 2.70 bits per heavy atom. The van der Waals surface area contributed by atoms with Gasteiger partial charge in [0.25, 0.3) is 0 Å². The van der Waals surface area contributed by atoms with E-state index in [-0.39, 0.29) is 17.9 Å². The van der Waals surface area contributed by atoms with E-state index in [1.165, 1.54) is 5.56 Å². The Hall–Kier alpha value is -2.25. The first-order chi connectivity index (χ1) is 13.1. The van der Waals surface area contributed by atoms with Crippen molar-refractivity contribution in [2.75, 3.05) is 33.2 Å². The van der Waals surface area contributed by atoms with Gasteiger partial charge in [0.1, 0.15) is 6.04 Å². The average Bonchev–Trinajstić information content (AvgIpc) is 3.11. The summed E-state index contributed by atoms with van der Waals surface area (Å²) in [5.41, 5.74) is 2.07. The van der Waals surface area contributed by atoms with Crippen LogP contribution in [0.15, 0.2) is 35.7 Å². The molecule has 0 radical (unpaired) electrons. The summed E-state index contributed by atoms with van der Waals surface area (Å²) < 4.78 is 0. The van der Waals surface area contributed by atoms with Gasteiger partial charge in [-0.3, -0.25) is 14.5 Å². The predicted molar refractivity (Wildman–Crippen MR) is 107 cm³/mol. The summed E-state index contributed by atoms with van der Waals surface area (Å²) in [7, 11) is 1.65. The Kier molecular flexibility index (Phi) is 6.58. The molecular weight excluding hydrogens is 360 g/mol. The summed E-state index contributed by atoms with van der Waals surface area (Å²) in [5, 5.41) is 5.64. The fraction of sp³-hybridized carbons (Fsp3) is 0.450. The van der Waals surface area contributed by atoms with Crippen molar-refractivity contribution in [2.24, 2.45) is 0 Å². The summed E-state index contributed by atoms with van der Waals surface area (Å²) in [4.78, 5) is 33.4. The van der Waals surface area contributed by atoms with Crippen LogP contribution < -0.4 is 5.32 Å². The van der Waals surface area contributed by atoms with Gasteiger partial charge >= 0.3 is 0 Å². The van der Waals surface area contributed by atoms with Crippen LogP contribution in [0, 0.1) is 6.92 Å². The molecular formula is C20H26N4O2S. The first kappa shape index (κ1) is 19.5. The number of carbonyl (C=O) groups is 2. The number of nitrogens with zero attached hydrogens (tertiary/aromatic N) is 3. The molecule has 1 saturated heterocycles. The van der Waals surface area contributed by atoms with E-state index >= 15 is 0 Å². The largest absolute Gasteiger partial charge is 0.358 e. The van der Waals surface area contributed by atoms with Gasteiger partial charge in [-0.2, -0.15) is 0 Å². The number of aryl methyl sites for hydroxylation is 1. The Morgan fingerprint density at radius 2 is 2.04 bits per heavy atom. The maximum Gasteiger partial charge on any atom is 0.238 e. The SMILES string of the molecule is CNC(=O)C1CN(C(=O)Cc2csc(C)n2)CCN1CCc1ccccc1. The fourth-order valence-corrected chi connectivity index (χ4v) is 4.02. The first-order valence-electron chi connectivity index (χ1n) is 9.25. The number of likely N-dealkylation sites (N-methyl/N-ethyl adjacent to an activating group) is 1. The topological polar surface area (TPSA) is 65.5 Å². The highest BCUT2D eigenvalue weighted by molar-refractivity contribution is 7.09. The highest BCUT2D eigenvalue weighted by atomic mass is 32.1. The zero-order chi connectivity index (χ0) is 19.2. The second kappa shape index (κ2) is 9.10. The van der Waals surface area contributed by atoms with Crippen molar-refractivity contribution in [3.8, 4) is 0 Å². The minimum Gasteiger partial charge on any atom is -0.358 e. The lowest BCUT2D eigenvalue weighted by molar-refractivity contribution is -0.137. The third-order valence-electron chi connectivity index (χ3n) is 4.92. The van der Waals surface area contributed by atoms with Gasteiger partial charge in [0.2, 0.25) is 11.8 Å². The number of benzene rings is 1. The Morgan fingerprint density at radius 1 is 1.26 bits per heavy atom. The van der Waals surface area contributed by atoms with Crippen LogP contribution in [-0.2, 0) is 22.4 Å². The molecule has 0 spiro atoms. The van der Waals surface area contributed by atoms with Gasteiger partial charge in [-0.25, -0.2) is 4.98 Å². The number of aromatic nitrogens is 1. The summed E-state index contributed by atoms with van der Waals surface area (Å²) in [6.07, 6.45) is 1.19. The molecule has 0 saturated carbocycles. The summed E-state index contributed by atoms with van der Waals surface area (Å²) in [6.45, 7) is 4.51. The van der Waals surface area contributed by atoms with Crippen LogP contribution in [0.5, 0.6) is 0 Å². The zero-order valence-electron chi connectivity index (χ0n) is 15.9. The molecule has 1 aromatic heterocycles. The van der Waals surface area contributed by atoms with Crippen molar-refractivity contribution >= 4 is 23.2 Å². The van der Waals surface area contributed by atoms with Gasteiger partial charge in [-0.05, 0) is 18.9 Å². The van der Waals surface area contributed by atoms with Crippen LogP contribution in [0.3, 0.4) is 0 Å². The number of hydrogen-bond acceptors (Lipinski definition) is 5. The molecule has 1 aromatic carbocycles. The molecule has 1 atom stereocenters. The molecule has 0 bridgehead atoms. The molecule has 3 rings (SSSR count). The lowest BCUT2D eigenvalue weighted by atomic mass is 10.1. The summed E-state index contributed by atoms with van der Waals surface area (Å²) in [5.74, 6) is 0.00183. The number of hydrogen-bond donors (Lipinski definition) is 1. The average molecular weight is 387 g/mol. The first-order valence-corrected chi connectivity index (χ1v) is 10.1. The van der Waals surface area contributed by atoms with Crippen molar-refractivity contribution in [3.63, 3.8) is 0 Å². The van der Waals surface area contributed by atoms with Gasteiger partial charge in [-0.1, -0.05) is 30.3 Å². The molecule has 1 N–H and O–H groups in total. The Balaban J connectivity index is 1.61. The summed E-state index contributed by atoms with van der Waals surface area (Å²) in [6, 6.07) is 9.96. The van der Waals surface area contributed by atoms with E-state index in [0.29, 0.717) is 26.1 Å². The second-order valence-corrected chi connectivity index (χ2v) is 7.84. The van der Waals surface area contributed by atoms with E-state index in [1.807, 2.05) is 30.5 Å². The van der Waals surface area contributed by atoms with E-state index in [2.05, 4.69) is 27.3 Å². The quantitative estimate of drug-likeness (QED) is 0.817. The van der Waals surface area contributed by atoms with Crippen LogP contribution >= 0.6 is 11.3 Å². The monoisotopic (exact) mass is 386 g/mol. The van der Waals surface area contributed by atoms with Crippen molar-refractivity contribution < 1.29 is 9.59 Å². The number of piperazine rings is 1. The van der Waals surface area contributed by atoms with Crippen LogP contribution in [-0.4, -0.2) is 65.9 Å². The van der Waals surface area contributed by atoms with Gasteiger partial charge in [0.05, 0.1) is 17.1 Å². The smallest absolute Gasteiger partial charge is 0.238 e.